The van der Waals surface area contributed by atoms with E-state index in [1.54, 1.807) is 0 Å². The second-order valence-corrected chi connectivity index (χ2v) is 8.25. The van der Waals surface area contributed by atoms with Gasteiger partial charge < -0.3 is 0 Å². The Hall–Kier alpha value is -1.96. The Morgan fingerprint density at radius 2 is 1.84 bits per heavy atom. The first-order valence-corrected chi connectivity index (χ1v) is 9.21. The second kappa shape index (κ2) is 7.95. The molecular formula is C23H31NO. The number of para-hydroxylation sites is 1. The van der Waals surface area contributed by atoms with Crippen LogP contribution in [0.4, 0.5) is 0 Å². The molecule has 25 heavy (non-hydrogen) atoms. The number of carbonyl (C=O) groups excluding carboxylic acids is 1. The number of ketones is 1. The molecule has 0 saturated heterocycles. The number of hydrogen-bond acceptors (Lipinski definition) is 2. The van der Waals surface area contributed by atoms with Crippen molar-refractivity contribution >= 4 is 16.7 Å². The predicted molar refractivity (Wildman–Crippen MR) is 107 cm³/mol. The van der Waals surface area contributed by atoms with Crippen LogP contribution in [0, 0.1) is 11.3 Å². The fraction of sp³-hybridized carbons (Fsp3) is 0.478. The minimum atomic E-state index is -0.318. The summed E-state index contributed by atoms with van der Waals surface area (Å²) in [6, 6.07) is 10.2. The van der Waals surface area contributed by atoms with Crippen LogP contribution in [-0.2, 0) is 11.2 Å². The summed E-state index contributed by atoms with van der Waals surface area (Å²) < 4.78 is 0. The van der Waals surface area contributed by atoms with Crippen molar-refractivity contribution in [2.24, 2.45) is 11.3 Å². The van der Waals surface area contributed by atoms with Crippen LogP contribution in [-0.4, -0.2) is 10.8 Å². The summed E-state index contributed by atoms with van der Waals surface area (Å²) in [6.45, 7) is 12.9. The maximum Gasteiger partial charge on any atom is 0.143 e. The quantitative estimate of drug-likeness (QED) is 0.568. The maximum absolute atomic E-state index is 13.2. The van der Waals surface area contributed by atoms with E-state index in [0.717, 1.165) is 29.3 Å². The van der Waals surface area contributed by atoms with E-state index < -0.39 is 0 Å². The Kier molecular flexibility index (Phi) is 6.16. The van der Waals surface area contributed by atoms with Gasteiger partial charge >= 0.3 is 0 Å². The molecule has 2 rings (SSSR count). The SMILES string of the molecule is CC(C)=C(C)CC(C)(CC(C)C)C(=O)Cc1cnc2ccccc2c1. The molecule has 0 spiro atoms. The number of Topliss-reactive ketones (excluding diaryl/α,β-unsaturated/α-hetero) is 1. The zero-order chi connectivity index (χ0) is 18.6. The summed E-state index contributed by atoms with van der Waals surface area (Å²) in [6.07, 6.45) is 4.06. The van der Waals surface area contributed by atoms with E-state index in [9.17, 15) is 4.79 Å². The van der Waals surface area contributed by atoms with Crippen molar-refractivity contribution < 1.29 is 4.79 Å². The molecular weight excluding hydrogens is 306 g/mol. The molecule has 0 N–H and O–H groups in total. The van der Waals surface area contributed by atoms with Crippen LogP contribution >= 0.6 is 0 Å². The van der Waals surface area contributed by atoms with E-state index in [2.05, 4.69) is 58.7 Å². The average molecular weight is 338 g/mol. The Labute approximate surface area is 152 Å². The third-order valence-corrected chi connectivity index (χ3v) is 5.05. The second-order valence-electron chi connectivity index (χ2n) is 8.25. The molecule has 0 fully saturated rings. The van der Waals surface area contributed by atoms with Gasteiger partial charge in [-0.25, -0.2) is 0 Å². The van der Waals surface area contributed by atoms with Gasteiger partial charge in [-0.15, -0.1) is 0 Å². The highest BCUT2D eigenvalue weighted by molar-refractivity contribution is 5.88. The number of pyridine rings is 1. The molecule has 0 radical (unpaired) electrons. The number of rotatable bonds is 7. The summed E-state index contributed by atoms with van der Waals surface area (Å²) in [5.41, 5.74) is 4.31. The zero-order valence-corrected chi connectivity index (χ0v) is 16.5. The Balaban J connectivity index is 2.27. The van der Waals surface area contributed by atoms with Crippen LogP contribution in [0.15, 0.2) is 47.7 Å². The lowest BCUT2D eigenvalue weighted by molar-refractivity contribution is -0.128. The van der Waals surface area contributed by atoms with Crippen LogP contribution in [0.5, 0.6) is 0 Å². The summed E-state index contributed by atoms with van der Waals surface area (Å²) in [5.74, 6) is 0.813. The molecule has 0 aliphatic heterocycles. The number of benzene rings is 1. The molecule has 2 nitrogen and oxygen atoms in total. The third kappa shape index (κ3) is 5.01. The molecule has 1 aromatic carbocycles. The first-order valence-electron chi connectivity index (χ1n) is 9.21. The highest BCUT2D eigenvalue weighted by Gasteiger charge is 2.33. The lowest BCUT2D eigenvalue weighted by Gasteiger charge is -2.31. The van der Waals surface area contributed by atoms with Gasteiger partial charge in [0.05, 0.1) is 5.52 Å². The smallest absolute Gasteiger partial charge is 0.143 e. The normalized spacial score (nSPS) is 13.7. The van der Waals surface area contributed by atoms with E-state index in [1.807, 2.05) is 24.4 Å². The van der Waals surface area contributed by atoms with Gasteiger partial charge in [0.25, 0.3) is 0 Å². The van der Waals surface area contributed by atoms with Gasteiger partial charge in [0, 0.05) is 23.4 Å². The van der Waals surface area contributed by atoms with E-state index in [4.69, 9.17) is 0 Å². The Morgan fingerprint density at radius 3 is 2.48 bits per heavy atom. The monoisotopic (exact) mass is 337 g/mol. The standard InChI is InChI=1S/C23H31NO/c1-16(2)13-23(6,14-18(5)17(3)4)22(25)12-19-11-20-9-7-8-10-21(20)24-15-19/h7-11,15-16H,12-14H2,1-6H3. The molecule has 134 valence electrons. The van der Waals surface area contributed by atoms with E-state index in [-0.39, 0.29) is 5.41 Å². The predicted octanol–water partition coefficient (Wildman–Crippen LogP) is 6.15. The molecule has 1 aromatic heterocycles. The summed E-state index contributed by atoms with van der Waals surface area (Å²) in [7, 11) is 0. The molecule has 1 heterocycles. The van der Waals surface area contributed by atoms with E-state index in [0.29, 0.717) is 18.1 Å². The highest BCUT2D eigenvalue weighted by atomic mass is 16.1. The molecule has 0 aliphatic rings. The number of fused-ring (bicyclic) bond motifs is 1. The lowest BCUT2D eigenvalue weighted by Crippen LogP contribution is -2.31. The van der Waals surface area contributed by atoms with Crippen LogP contribution in [0.25, 0.3) is 10.9 Å². The number of aromatic nitrogens is 1. The van der Waals surface area contributed by atoms with Crippen LogP contribution < -0.4 is 0 Å². The minimum absolute atomic E-state index is 0.318. The molecule has 0 amide bonds. The molecule has 0 aliphatic carbocycles. The number of hydrogen-bond donors (Lipinski definition) is 0. The number of carbonyl (C=O) groups is 1. The molecule has 1 atom stereocenters. The summed E-state index contributed by atoms with van der Waals surface area (Å²) >= 11 is 0. The van der Waals surface area contributed by atoms with Gasteiger partial charge in [-0.3, -0.25) is 9.78 Å². The maximum atomic E-state index is 13.2. The molecule has 2 aromatic rings. The Bertz CT molecular complexity index is 784. The summed E-state index contributed by atoms with van der Waals surface area (Å²) in [5, 5.41) is 1.10. The van der Waals surface area contributed by atoms with Crippen molar-refractivity contribution in [1.82, 2.24) is 4.98 Å². The van der Waals surface area contributed by atoms with Crippen LogP contribution in [0.2, 0.25) is 0 Å². The molecule has 0 bridgehead atoms. The van der Waals surface area contributed by atoms with Crippen molar-refractivity contribution in [3.05, 3.63) is 53.2 Å². The molecule has 2 heteroatoms. The average Bonchev–Trinajstić information content (AvgIpc) is 2.53. The first-order chi connectivity index (χ1) is 11.7. The van der Waals surface area contributed by atoms with Gasteiger partial charge in [-0.1, -0.05) is 50.1 Å². The van der Waals surface area contributed by atoms with Crippen molar-refractivity contribution in [2.75, 3.05) is 0 Å². The van der Waals surface area contributed by atoms with Crippen LogP contribution in [0.3, 0.4) is 0 Å². The van der Waals surface area contributed by atoms with E-state index >= 15 is 0 Å². The third-order valence-electron chi connectivity index (χ3n) is 5.05. The van der Waals surface area contributed by atoms with Gasteiger partial charge in [0.1, 0.15) is 5.78 Å². The van der Waals surface area contributed by atoms with Gasteiger partial charge in [0.2, 0.25) is 0 Å². The first kappa shape index (κ1) is 19.4. The van der Waals surface area contributed by atoms with Crippen molar-refractivity contribution in [3.63, 3.8) is 0 Å². The van der Waals surface area contributed by atoms with Gasteiger partial charge in [-0.05, 0) is 57.2 Å². The van der Waals surface area contributed by atoms with Crippen molar-refractivity contribution in [3.8, 4) is 0 Å². The fourth-order valence-electron chi connectivity index (χ4n) is 3.56. The lowest BCUT2D eigenvalue weighted by atomic mass is 9.72. The highest BCUT2D eigenvalue weighted by Crippen LogP contribution is 2.36. The fourth-order valence-corrected chi connectivity index (χ4v) is 3.56. The van der Waals surface area contributed by atoms with Gasteiger partial charge in [0.15, 0.2) is 0 Å². The zero-order valence-electron chi connectivity index (χ0n) is 16.5. The molecule has 1 unspecified atom stereocenters. The van der Waals surface area contributed by atoms with Crippen LogP contribution in [0.1, 0.15) is 59.9 Å². The molecule has 0 saturated carbocycles. The van der Waals surface area contributed by atoms with Gasteiger partial charge in [-0.2, -0.15) is 0 Å². The van der Waals surface area contributed by atoms with E-state index in [1.165, 1.54) is 11.1 Å². The van der Waals surface area contributed by atoms with Crippen molar-refractivity contribution in [1.29, 1.82) is 0 Å². The Morgan fingerprint density at radius 1 is 1.16 bits per heavy atom. The number of allylic oxidation sites excluding steroid dienone is 2. The topological polar surface area (TPSA) is 30.0 Å². The minimum Gasteiger partial charge on any atom is -0.299 e. The number of nitrogens with zero attached hydrogens (tertiary/aromatic N) is 1. The van der Waals surface area contributed by atoms with Crippen molar-refractivity contribution in [2.45, 2.75) is 60.8 Å². The largest absolute Gasteiger partial charge is 0.299 e. The summed E-state index contributed by atoms with van der Waals surface area (Å²) in [4.78, 5) is 17.7.